The van der Waals surface area contributed by atoms with Crippen molar-refractivity contribution < 1.29 is 27.8 Å². The first-order valence-electron chi connectivity index (χ1n) is 4.02. The molecule has 0 radical (unpaired) electrons. The van der Waals surface area contributed by atoms with E-state index >= 15 is 0 Å². The van der Waals surface area contributed by atoms with Gasteiger partial charge in [0.15, 0.2) is 6.10 Å². The average molecular weight is 213 g/mol. The van der Waals surface area contributed by atoms with Gasteiger partial charge in [0.2, 0.25) is 0 Å². The summed E-state index contributed by atoms with van der Waals surface area (Å²) in [6, 6.07) is 0. The monoisotopic (exact) mass is 213 g/mol. The van der Waals surface area contributed by atoms with Crippen molar-refractivity contribution in [1.82, 2.24) is 4.90 Å². The van der Waals surface area contributed by atoms with E-state index in [-0.39, 0.29) is 19.7 Å². The Bertz CT molecular complexity index is 219. The Kier molecular flexibility index (Phi) is 3.33. The Labute approximate surface area is 78.2 Å². The number of hydrogen-bond acceptors (Lipinski definition) is 3. The Morgan fingerprint density at radius 3 is 2.71 bits per heavy atom. The highest BCUT2D eigenvalue weighted by Crippen LogP contribution is 2.25. The highest BCUT2D eigenvalue weighted by Gasteiger charge is 2.43. The summed E-state index contributed by atoms with van der Waals surface area (Å²) in [5.74, 6) is -1.13. The van der Waals surface area contributed by atoms with Crippen molar-refractivity contribution in [3.63, 3.8) is 0 Å². The number of carboxylic acids is 1. The summed E-state index contributed by atoms with van der Waals surface area (Å²) in [6.45, 7) is -0.651. The molecule has 1 saturated heterocycles. The Morgan fingerprint density at radius 1 is 1.57 bits per heavy atom. The molecule has 1 unspecified atom stereocenters. The molecule has 14 heavy (non-hydrogen) atoms. The molecule has 1 rings (SSSR count). The molecule has 0 amide bonds. The van der Waals surface area contributed by atoms with Crippen LogP contribution in [-0.2, 0) is 9.53 Å². The van der Waals surface area contributed by atoms with E-state index in [4.69, 9.17) is 5.11 Å². The molecule has 0 aromatic rings. The minimum Gasteiger partial charge on any atom is -0.480 e. The number of hydrogen-bond donors (Lipinski definition) is 1. The summed E-state index contributed by atoms with van der Waals surface area (Å²) >= 11 is 0. The van der Waals surface area contributed by atoms with Crippen molar-refractivity contribution in [1.29, 1.82) is 0 Å². The smallest absolute Gasteiger partial charge is 0.415 e. The summed E-state index contributed by atoms with van der Waals surface area (Å²) in [4.78, 5) is 11.5. The van der Waals surface area contributed by atoms with Crippen molar-refractivity contribution in [2.75, 3.05) is 26.2 Å². The van der Waals surface area contributed by atoms with Gasteiger partial charge in [-0.05, 0) is 0 Å². The molecular weight excluding hydrogens is 203 g/mol. The van der Waals surface area contributed by atoms with Crippen LogP contribution in [-0.4, -0.2) is 54.5 Å². The first kappa shape index (κ1) is 11.3. The lowest BCUT2D eigenvalue weighted by Crippen LogP contribution is -2.50. The highest BCUT2D eigenvalue weighted by molar-refractivity contribution is 5.69. The molecule has 7 heteroatoms. The van der Waals surface area contributed by atoms with Gasteiger partial charge in [-0.15, -0.1) is 0 Å². The van der Waals surface area contributed by atoms with Gasteiger partial charge in [-0.1, -0.05) is 0 Å². The predicted octanol–water partition coefficient (Wildman–Crippen LogP) is 0.334. The van der Waals surface area contributed by atoms with E-state index in [2.05, 4.69) is 4.74 Å². The van der Waals surface area contributed by atoms with E-state index in [1.54, 1.807) is 0 Å². The summed E-state index contributed by atoms with van der Waals surface area (Å²) in [7, 11) is 0. The average Bonchev–Trinajstić information content (AvgIpc) is 2.01. The fourth-order valence-electron chi connectivity index (χ4n) is 1.24. The van der Waals surface area contributed by atoms with Gasteiger partial charge in [-0.2, -0.15) is 13.2 Å². The van der Waals surface area contributed by atoms with Crippen LogP contribution in [0.25, 0.3) is 0 Å². The third-order valence-electron chi connectivity index (χ3n) is 1.87. The normalized spacial score (nSPS) is 24.9. The number of halogens is 3. The van der Waals surface area contributed by atoms with E-state index in [0.717, 1.165) is 0 Å². The zero-order valence-electron chi connectivity index (χ0n) is 7.25. The lowest BCUT2D eigenvalue weighted by molar-refractivity contribution is -0.237. The summed E-state index contributed by atoms with van der Waals surface area (Å²) in [5.41, 5.74) is 0. The maximum Gasteiger partial charge on any atom is 0.415 e. The molecule has 1 fully saturated rings. The summed E-state index contributed by atoms with van der Waals surface area (Å²) in [5, 5.41) is 8.39. The van der Waals surface area contributed by atoms with Gasteiger partial charge >= 0.3 is 12.1 Å². The van der Waals surface area contributed by atoms with E-state index in [1.807, 2.05) is 0 Å². The van der Waals surface area contributed by atoms with Gasteiger partial charge in [0, 0.05) is 13.1 Å². The quantitative estimate of drug-likeness (QED) is 0.718. The maximum atomic E-state index is 12.2. The van der Waals surface area contributed by atoms with Crippen LogP contribution in [0.4, 0.5) is 13.2 Å². The lowest BCUT2D eigenvalue weighted by Gasteiger charge is -2.32. The van der Waals surface area contributed by atoms with Gasteiger partial charge in [-0.3, -0.25) is 9.69 Å². The highest BCUT2D eigenvalue weighted by atomic mass is 19.4. The van der Waals surface area contributed by atoms with E-state index in [0.29, 0.717) is 0 Å². The van der Waals surface area contributed by atoms with Crippen molar-refractivity contribution >= 4 is 5.97 Å². The molecule has 1 aliphatic rings. The molecule has 1 atom stereocenters. The Morgan fingerprint density at radius 2 is 2.21 bits per heavy atom. The number of morpholine rings is 1. The van der Waals surface area contributed by atoms with Gasteiger partial charge < -0.3 is 9.84 Å². The van der Waals surface area contributed by atoms with Crippen LogP contribution in [0.5, 0.6) is 0 Å². The third kappa shape index (κ3) is 3.15. The second-order valence-corrected chi connectivity index (χ2v) is 3.03. The molecule has 0 aliphatic carbocycles. The zero-order chi connectivity index (χ0) is 10.8. The number of ether oxygens (including phenoxy) is 1. The maximum absolute atomic E-state index is 12.2. The fourth-order valence-corrected chi connectivity index (χ4v) is 1.24. The predicted molar refractivity (Wildman–Crippen MR) is 39.9 cm³/mol. The molecular formula is C7H10F3NO3. The number of nitrogens with zero attached hydrogens (tertiary/aromatic N) is 1. The van der Waals surface area contributed by atoms with Crippen LogP contribution in [0.3, 0.4) is 0 Å². The molecule has 0 aromatic heterocycles. The van der Waals surface area contributed by atoms with E-state index in [9.17, 15) is 18.0 Å². The number of rotatable bonds is 2. The second-order valence-electron chi connectivity index (χ2n) is 3.03. The van der Waals surface area contributed by atoms with Crippen molar-refractivity contribution in [2.45, 2.75) is 12.3 Å². The molecule has 0 saturated carbocycles. The lowest BCUT2D eigenvalue weighted by atomic mass is 10.2. The zero-order valence-corrected chi connectivity index (χ0v) is 7.25. The topological polar surface area (TPSA) is 49.8 Å². The van der Waals surface area contributed by atoms with Crippen LogP contribution in [0, 0.1) is 0 Å². The van der Waals surface area contributed by atoms with Gasteiger partial charge in [0.1, 0.15) is 0 Å². The molecule has 1 N–H and O–H groups in total. The van der Waals surface area contributed by atoms with Gasteiger partial charge in [0.05, 0.1) is 13.2 Å². The van der Waals surface area contributed by atoms with E-state index in [1.165, 1.54) is 4.90 Å². The van der Waals surface area contributed by atoms with Crippen molar-refractivity contribution in [3.8, 4) is 0 Å². The summed E-state index contributed by atoms with van der Waals surface area (Å²) < 4.78 is 41.0. The first-order valence-corrected chi connectivity index (χ1v) is 4.02. The second kappa shape index (κ2) is 4.14. The van der Waals surface area contributed by atoms with Crippen LogP contribution < -0.4 is 0 Å². The number of aliphatic carboxylic acids is 1. The fraction of sp³-hybridized carbons (Fsp3) is 0.857. The Balaban J connectivity index is 2.48. The molecule has 1 aliphatic heterocycles. The molecule has 82 valence electrons. The standard InChI is InChI=1S/C7H10F3NO3/c8-7(9,10)5-3-11(1-2-14-5)4-6(12)13/h5H,1-4H2,(H,12,13). The number of carboxylic acid groups (broad SMARTS) is 1. The number of carbonyl (C=O) groups is 1. The van der Waals surface area contributed by atoms with Gasteiger partial charge in [0.25, 0.3) is 0 Å². The van der Waals surface area contributed by atoms with Crippen molar-refractivity contribution in [2.24, 2.45) is 0 Å². The van der Waals surface area contributed by atoms with Crippen LogP contribution in [0.1, 0.15) is 0 Å². The molecule has 0 aromatic carbocycles. The minimum atomic E-state index is -4.42. The van der Waals surface area contributed by atoms with Crippen LogP contribution in [0.2, 0.25) is 0 Å². The first-order chi connectivity index (χ1) is 6.39. The minimum absolute atomic E-state index is 0.0859. The van der Waals surface area contributed by atoms with E-state index < -0.39 is 24.8 Å². The molecule has 0 bridgehead atoms. The molecule has 4 nitrogen and oxygen atoms in total. The number of alkyl halides is 3. The third-order valence-corrected chi connectivity index (χ3v) is 1.87. The SMILES string of the molecule is O=C(O)CN1CCOC(C(F)(F)F)C1. The van der Waals surface area contributed by atoms with Crippen LogP contribution >= 0.6 is 0 Å². The summed E-state index contributed by atoms with van der Waals surface area (Å²) in [6.07, 6.45) is -6.28. The molecule has 0 spiro atoms. The Hall–Kier alpha value is -0.820. The van der Waals surface area contributed by atoms with Crippen LogP contribution in [0.15, 0.2) is 0 Å². The largest absolute Gasteiger partial charge is 0.480 e. The molecule has 1 heterocycles. The van der Waals surface area contributed by atoms with Crippen molar-refractivity contribution in [3.05, 3.63) is 0 Å². The van der Waals surface area contributed by atoms with Gasteiger partial charge in [-0.25, -0.2) is 0 Å².